The van der Waals surface area contributed by atoms with Gasteiger partial charge in [-0.15, -0.1) is 0 Å². The smallest absolute Gasteiger partial charge is 0.234 e. The van der Waals surface area contributed by atoms with Crippen LogP contribution in [0, 0.1) is 0 Å². The number of nitrogens with one attached hydrogen (secondary N) is 1. The van der Waals surface area contributed by atoms with E-state index in [2.05, 4.69) is 36.3 Å². The molecule has 0 rings (SSSR count). The molecular weight excluding hydrogens is 204 g/mol. The molecular formula is C11H26N4O. The molecule has 5 heteroatoms. The van der Waals surface area contributed by atoms with Crippen molar-refractivity contribution in [3.05, 3.63) is 0 Å². The summed E-state index contributed by atoms with van der Waals surface area (Å²) in [6.45, 7) is 5.67. The van der Waals surface area contributed by atoms with E-state index in [1.54, 1.807) is 0 Å². The minimum atomic E-state index is -0.261. The van der Waals surface area contributed by atoms with Gasteiger partial charge >= 0.3 is 0 Å². The Labute approximate surface area is 99.0 Å². The Balaban J connectivity index is 3.77. The van der Waals surface area contributed by atoms with Gasteiger partial charge in [-0.3, -0.25) is 4.79 Å². The van der Waals surface area contributed by atoms with E-state index in [1.807, 2.05) is 6.92 Å². The lowest BCUT2D eigenvalue weighted by Gasteiger charge is -2.21. The van der Waals surface area contributed by atoms with Gasteiger partial charge in [-0.1, -0.05) is 6.92 Å². The predicted octanol–water partition coefficient (Wildman–Crippen LogP) is -0.667. The van der Waals surface area contributed by atoms with Crippen LogP contribution in [0.3, 0.4) is 0 Å². The standard InChI is InChI=1S/C11H26N4O/c1-5-13-10(11(12)16)6-7-15(4)9-8-14(2)3/h10,13H,5-9H2,1-4H3,(H2,12,16). The van der Waals surface area contributed by atoms with Gasteiger partial charge in [0.1, 0.15) is 0 Å². The Morgan fingerprint density at radius 1 is 1.25 bits per heavy atom. The van der Waals surface area contributed by atoms with E-state index < -0.39 is 0 Å². The van der Waals surface area contributed by atoms with Crippen LogP contribution >= 0.6 is 0 Å². The Kier molecular flexibility index (Phi) is 8.15. The zero-order chi connectivity index (χ0) is 12.6. The van der Waals surface area contributed by atoms with Crippen LogP contribution in [0.15, 0.2) is 0 Å². The number of nitrogens with two attached hydrogens (primary N) is 1. The van der Waals surface area contributed by atoms with Gasteiger partial charge in [0.05, 0.1) is 6.04 Å². The van der Waals surface area contributed by atoms with Crippen LogP contribution in [0.4, 0.5) is 0 Å². The molecule has 1 unspecified atom stereocenters. The van der Waals surface area contributed by atoms with E-state index >= 15 is 0 Å². The van der Waals surface area contributed by atoms with Crippen molar-refractivity contribution in [2.24, 2.45) is 5.73 Å². The number of primary amides is 1. The molecule has 16 heavy (non-hydrogen) atoms. The summed E-state index contributed by atoms with van der Waals surface area (Å²) in [6.07, 6.45) is 0.771. The molecule has 5 nitrogen and oxygen atoms in total. The molecule has 0 aliphatic heterocycles. The third kappa shape index (κ3) is 7.62. The summed E-state index contributed by atoms with van der Waals surface area (Å²) in [7, 11) is 6.17. The fraction of sp³-hybridized carbons (Fsp3) is 0.909. The highest BCUT2D eigenvalue weighted by Crippen LogP contribution is 1.94. The first-order chi connectivity index (χ1) is 7.47. The molecule has 0 spiro atoms. The number of hydrogen-bond acceptors (Lipinski definition) is 4. The molecule has 1 atom stereocenters. The highest BCUT2D eigenvalue weighted by molar-refractivity contribution is 5.79. The second-order valence-corrected chi connectivity index (χ2v) is 4.41. The van der Waals surface area contributed by atoms with Crippen LogP contribution in [-0.4, -0.2) is 69.1 Å². The minimum absolute atomic E-state index is 0.202. The van der Waals surface area contributed by atoms with Crippen LogP contribution in [0.5, 0.6) is 0 Å². The molecule has 0 saturated heterocycles. The lowest BCUT2D eigenvalue weighted by atomic mass is 10.2. The second kappa shape index (κ2) is 8.50. The lowest BCUT2D eigenvalue weighted by Crippen LogP contribution is -2.43. The Morgan fingerprint density at radius 3 is 2.31 bits per heavy atom. The highest BCUT2D eigenvalue weighted by atomic mass is 16.1. The van der Waals surface area contributed by atoms with Crippen molar-refractivity contribution in [3.63, 3.8) is 0 Å². The van der Waals surface area contributed by atoms with Crippen molar-refractivity contribution in [3.8, 4) is 0 Å². The monoisotopic (exact) mass is 230 g/mol. The molecule has 0 aromatic carbocycles. The molecule has 0 aromatic rings. The quantitative estimate of drug-likeness (QED) is 0.552. The molecule has 0 aromatic heterocycles. The van der Waals surface area contributed by atoms with Crippen molar-refractivity contribution in [1.29, 1.82) is 0 Å². The van der Waals surface area contributed by atoms with Crippen molar-refractivity contribution in [1.82, 2.24) is 15.1 Å². The molecule has 96 valence electrons. The maximum absolute atomic E-state index is 11.1. The molecule has 0 heterocycles. The van der Waals surface area contributed by atoms with Gasteiger partial charge in [-0.05, 0) is 40.7 Å². The average Bonchev–Trinajstić information content (AvgIpc) is 2.20. The SMILES string of the molecule is CCNC(CCN(C)CCN(C)C)C(N)=O. The number of carbonyl (C=O) groups excluding carboxylic acids is 1. The zero-order valence-corrected chi connectivity index (χ0v) is 11.0. The first kappa shape index (κ1) is 15.3. The van der Waals surface area contributed by atoms with Gasteiger partial charge < -0.3 is 20.9 Å². The predicted molar refractivity (Wildman–Crippen MR) is 67.3 cm³/mol. The molecule has 0 fully saturated rings. The average molecular weight is 230 g/mol. The van der Waals surface area contributed by atoms with Gasteiger partial charge in [0.25, 0.3) is 0 Å². The van der Waals surface area contributed by atoms with E-state index in [9.17, 15) is 4.79 Å². The Morgan fingerprint density at radius 2 is 1.88 bits per heavy atom. The first-order valence-corrected chi connectivity index (χ1v) is 5.83. The van der Waals surface area contributed by atoms with Gasteiger partial charge in [-0.25, -0.2) is 0 Å². The summed E-state index contributed by atoms with van der Waals surface area (Å²) < 4.78 is 0. The zero-order valence-electron chi connectivity index (χ0n) is 11.0. The van der Waals surface area contributed by atoms with E-state index in [-0.39, 0.29) is 11.9 Å². The maximum atomic E-state index is 11.1. The summed E-state index contributed by atoms with van der Waals surface area (Å²) in [4.78, 5) is 15.5. The number of nitrogens with zero attached hydrogens (tertiary/aromatic N) is 2. The first-order valence-electron chi connectivity index (χ1n) is 5.83. The van der Waals surface area contributed by atoms with Gasteiger partial charge in [-0.2, -0.15) is 0 Å². The highest BCUT2D eigenvalue weighted by Gasteiger charge is 2.14. The normalized spacial score (nSPS) is 13.4. The van der Waals surface area contributed by atoms with Crippen LogP contribution < -0.4 is 11.1 Å². The number of hydrogen-bond donors (Lipinski definition) is 2. The van der Waals surface area contributed by atoms with Gasteiger partial charge in [0.2, 0.25) is 5.91 Å². The van der Waals surface area contributed by atoms with Crippen LogP contribution in [0.25, 0.3) is 0 Å². The third-order valence-electron chi connectivity index (χ3n) is 2.52. The molecule has 0 radical (unpaired) electrons. The topological polar surface area (TPSA) is 61.6 Å². The second-order valence-electron chi connectivity index (χ2n) is 4.41. The van der Waals surface area contributed by atoms with Crippen molar-refractivity contribution in [2.75, 3.05) is 47.3 Å². The van der Waals surface area contributed by atoms with E-state index in [4.69, 9.17) is 5.73 Å². The molecule has 3 N–H and O–H groups in total. The summed E-state index contributed by atoms with van der Waals surface area (Å²) in [5.74, 6) is -0.261. The molecule has 0 saturated carbocycles. The van der Waals surface area contributed by atoms with Crippen LogP contribution in [0.2, 0.25) is 0 Å². The molecule has 1 amide bonds. The number of carbonyl (C=O) groups is 1. The fourth-order valence-corrected chi connectivity index (χ4v) is 1.42. The minimum Gasteiger partial charge on any atom is -0.368 e. The number of rotatable bonds is 9. The van der Waals surface area contributed by atoms with Gasteiger partial charge in [0.15, 0.2) is 0 Å². The van der Waals surface area contributed by atoms with E-state index in [0.717, 1.165) is 32.6 Å². The largest absolute Gasteiger partial charge is 0.368 e. The maximum Gasteiger partial charge on any atom is 0.234 e. The summed E-state index contributed by atoms with van der Waals surface area (Å²) in [6, 6.07) is -0.202. The van der Waals surface area contributed by atoms with Crippen molar-refractivity contribution >= 4 is 5.91 Å². The van der Waals surface area contributed by atoms with Gasteiger partial charge in [0, 0.05) is 13.1 Å². The van der Waals surface area contributed by atoms with Crippen molar-refractivity contribution in [2.45, 2.75) is 19.4 Å². The summed E-state index contributed by atoms with van der Waals surface area (Å²) in [5.41, 5.74) is 5.30. The Hall–Kier alpha value is -0.650. The number of likely N-dealkylation sites (N-methyl/N-ethyl adjacent to an activating group) is 3. The van der Waals surface area contributed by atoms with E-state index in [0.29, 0.717) is 0 Å². The number of amides is 1. The summed E-state index contributed by atoms with van der Waals surface area (Å²) >= 11 is 0. The molecule has 0 aliphatic rings. The van der Waals surface area contributed by atoms with Crippen LogP contribution in [0.1, 0.15) is 13.3 Å². The van der Waals surface area contributed by atoms with E-state index in [1.165, 1.54) is 0 Å². The molecule has 0 aliphatic carbocycles. The van der Waals surface area contributed by atoms with Crippen molar-refractivity contribution < 1.29 is 4.79 Å². The third-order valence-corrected chi connectivity index (χ3v) is 2.52. The lowest BCUT2D eigenvalue weighted by molar-refractivity contribution is -0.120. The summed E-state index contributed by atoms with van der Waals surface area (Å²) in [5, 5.41) is 3.09. The van der Waals surface area contributed by atoms with Crippen LogP contribution in [-0.2, 0) is 4.79 Å². The Bertz CT molecular complexity index is 196. The molecule has 0 bridgehead atoms. The fourth-order valence-electron chi connectivity index (χ4n) is 1.42.